The van der Waals surface area contributed by atoms with Crippen LogP contribution >= 0.6 is 22.6 Å². The fraction of sp³-hybridized carbons (Fsp3) is 0.462. The highest BCUT2D eigenvalue weighted by molar-refractivity contribution is 14.1. The van der Waals surface area contributed by atoms with E-state index in [0.29, 0.717) is 0 Å². The molecule has 92 valence electrons. The highest BCUT2D eigenvalue weighted by atomic mass is 127. The first-order chi connectivity index (χ1) is 8.08. The third kappa shape index (κ3) is 2.98. The molecule has 1 aromatic rings. The van der Waals surface area contributed by atoms with Gasteiger partial charge in [0.05, 0.1) is 0 Å². The highest BCUT2D eigenvalue weighted by Crippen LogP contribution is 2.19. The molecule has 1 fully saturated rings. The Bertz CT molecular complexity index is 422. The third-order valence-electron chi connectivity index (χ3n) is 3.25. The van der Waals surface area contributed by atoms with Gasteiger partial charge in [0.2, 0.25) is 0 Å². The summed E-state index contributed by atoms with van der Waals surface area (Å²) in [7, 11) is 0. The van der Waals surface area contributed by atoms with Crippen LogP contribution in [0.3, 0.4) is 0 Å². The average Bonchev–Trinajstić information content (AvgIpc) is 2.28. The van der Waals surface area contributed by atoms with Crippen molar-refractivity contribution in [2.24, 2.45) is 5.73 Å². The minimum Gasteiger partial charge on any atom is -0.336 e. The number of nitrogens with two attached hydrogens (primary N) is 1. The Labute approximate surface area is 116 Å². The highest BCUT2D eigenvalue weighted by Gasteiger charge is 2.27. The predicted octanol–water partition coefficient (Wildman–Crippen LogP) is 2.24. The Balaban J connectivity index is 2.15. The molecule has 2 unspecified atom stereocenters. The summed E-state index contributed by atoms with van der Waals surface area (Å²) in [6.45, 7) is 2.84. The van der Waals surface area contributed by atoms with Crippen LogP contribution in [-0.2, 0) is 0 Å². The number of hydrogen-bond acceptors (Lipinski definition) is 2. The first-order valence-electron chi connectivity index (χ1n) is 5.90. The van der Waals surface area contributed by atoms with Crippen LogP contribution in [0.1, 0.15) is 30.1 Å². The third-order valence-corrected chi connectivity index (χ3v) is 3.92. The van der Waals surface area contributed by atoms with E-state index >= 15 is 0 Å². The van der Waals surface area contributed by atoms with E-state index in [0.717, 1.165) is 28.5 Å². The fourth-order valence-corrected chi connectivity index (χ4v) is 2.84. The molecule has 1 amide bonds. The van der Waals surface area contributed by atoms with Crippen LogP contribution in [0, 0.1) is 3.57 Å². The van der Waals surface area contributed by atoms with E-state index < -0.39 is 0 Å². The molecule has 3 nitrogen and oxygen atoms in total. The van der Waals surface area contributed by atoms with Crippen LogP contribution in [-0.4, -0.2) is 29.4 Å². The molecule has 1 aromatic carbocycles. The van der Waals surface area contributed by atoms with E-state index in [-0.39, 0.29) is 18.0 Å². The molecule has 1 aliphatic rings. The molecular formula is C13H17IN2O. The SMILES string of the molecule is CC1CC(N)CCN1C(=O)c1cccc(I)c1. The number of nitrogens with zero attached hydrogens (tertiary/aromatic N) is 1. The molecule has 0 radical (unpaired) electrons. The number of hydrogen-bond donors (Lipinski definition) is 1. The van der Waals surface area contributed by atoms with Crippen LogP contribution in [0.15, 0.2) is 24.3 Å². The molecule has 1 saturated heterocycles. The van der Waals surface area contributed by atoms with Gasteiger partial charge in [-0.15, -0.1) is 0 Å². The largest absolute Gasteiger partial charge is 0.336 e. The molecule has 0 aromatic heterocycles. The number of piperidine rings is 1. The number of likely N-dealkylation sites (tertiary alicyclic amines) is 1. The summed E-state index contributed by atoms with van der Waals surface area (Å²) in [6.07, 6.45) is 1.80. The zero-order valence-electron chi connectivity index (χ0n) is 9.90. The smallest absolute Gasteiger partial charge is 0.254 e. The van der Waals surface area contributed by atoms with Gasteiger partial charge < -0.3 is 10.6 Å². The summed E-state index contributed by atoms with van der Waals surface area (Å²) >= 11 is 2.23. The molecule has 0 aliphatic carbocycles. The van der Waals surface area contributed by atoms with Crippen molar-refractivity contribution in [2.45, 2.75) is 31.8 Å². The molecule has 2 atom stereocenters. The van der Waals surface area contributed by atoms with Crippen LogP contribution < -0.4 is 5.73 Å². The molecule has 1 heterocycles. The number of rotatable bonds is 1. The number of amides is 1. The van der Waals surface area contributed by atoms with E-state index in [4.69, 9.17) is 5.73 Å². The van der Waals surface area contributed by atoms with Crippen molar-refractivity contribution >= 4 is 28.5 Å². The first kappa shape index (κ1) is 12.8. The molecule has 0 spiro atoms. The maximum Gasteiger partial charge on any atom is 0.254 e. The predicted molar refractivity (Wildman–Crippen MR) is 76.9 cm³/mol. The Morgan fingerprint density at radius 1 is 1.53 bits per heavy atom. The second-order valence-corrected chi connectivity index (χ2v) is 5.89. The summed E-state index contributed by atoms with van der Waals surface area (Å²) in [5, 5.41) is 0. The average molecular weight is 344 g/mol. The fourth-order valence-electron chi connectivity index (χ4n) is 2.30. The van der Waals surface area contributed by atoms with Crippen molar-refractivity contribution in [2.75, 3.05) is 6.54 Å². The number of carbonyl (C=O) groups is 1. The summed E-state index contributed by atoms with van der Waals surface area (Å²) in [4.78, 5) is 14.3. The van der Waals surface area contributed by atoms with Gasteiger partial charge in [-0.3, -0.25) is 4.79 Å². The molecular weight excluding hydrogens is 327 g/mol. The van der Waals surface area contributed by atoms with Gasteiger partial charge in [-0.25, -0.2) is 0 Å². The molecule has 0 bridgehead atoms. The zero-order valence-corrected chi connectivity index (χ0v) is 12.1. The maximum atomic E-state index is 12.4. The molecule has 0 saturated carbocycles. The van der Waals surface area contributed by atoms with Crippen LogP contribution in [0.2, 0.25) is 0 Å². The van der Waals surface area contributed by atoms with E-state index in [1.165, 1.54) is 0 Å². The van der Waals surface area contributed by atoms with E-state index in [1.54, 1.807) is 0 Å². The molecule has 2 rings (SSSR count). The Kier molecular flexibility index (Phi) is 4.04. The van der Waals surface area contributed by atoms with E-state index in [2.05, 4.69) is 29.5 Å². The van der Waals surface area contributed by atoms with Crippen molar-refractivity contribution in [3.63, 3.8) is 0 Å². The van der Waals surface area contributed by atoms with E-state index in [9.17, 15) is 4.79 Å². The monoisotopic (exact) mass is 344 g/mol. The van der Waals surface area contributed by atoms with Crippen molar-refractivity contribution in [3.05, 3.63) is 33.4 Å². The van der Waals surface area contributed by atoms with Crippen LogP contribution in [0.4, 0.5) is 0 Å². The van der Waals surface area contributed by atoms with Gasteiger partial charge in [-0.2, -0.15) is 0 Å². The van der Waals surface area contributed by atoms with Crippen LogP contribution in [0.5, 0.6) is 0 Å². The van der Waals surface area contributed by atoms with Crippen molar-refractivity contribution in [1.82, 2.24) is 4.90 Å². The number of benzene rings is 1. The lowest BCUT2D eigenvalue weighted by molar-refractivity contribution is 0.0619. The normalized spacial score (nSPS) is 24.8. The summed E-state index contributed by atoms with van der Waals surface area (Å²) < 4.78 is 1.09. The minimum atomic E-state index is 0.128. The van der Waals surface area contributed by atoms with E-state index in [1.807, 2.05) is 29.2 Å². The minimum absolute atomic E-state index is 0.128. The quantitative estimate of drug-likeness (QED) is 0.795. The molecule has 2 N–H and O–H groups in total. The Morgan fingerprint density at radius 2 is 2.29 bits per heavy atom. The van der Waals surface area contributed by atoms with Crippen molar-refractivity contribution in [1.29, 1.82) is 0 Å². The van der Waals surface area contributed by atoms with Gasteiger partial charge in [0, 0.05) is 27.8 Å². The second-order valence-electron chi connectivity index (χ2n) is 4.64. The second kappa shape index (κ2) is 5.35. The Morgan fingerprint density at radius 3 is 2.94 bits per heavy atom. The lowest BCUT2D eigenvalue weighted by Gasteiger charge is -2.36. The van der Waals surface area contributed by atoms with Gasteiger partial charge in [0.1, 0.15) is 0 Å². The van der Waals surface area contributed by atoms with Gasteiger partial charge in [0.15, 0.2) is 0 Å². The van der Waals surface area contributed by atoms with Gasteiger partial charge >= 0.3 is 0 Å². The van der Waals surface area contributed by atoms with Crippen LogP contribution in [0.25, 0.3) is 0 Å². The lowest BCUT2D eigenvalue weighted by Crippen LogP contribution is -2.48. The number of halogens is 1. The first-order valence-corrected chi connectivity index (χ1v) is 6.98. The molecule has 1 aliphatic heterocycles. The summed E-state index contributed by atoms with van der Waals surface area (Å²) in [6, 6.07) is 8.21. The zero-order chi connectivity index (χ0) is 12.4. The molecule has 17 heavy (non-hydrogen) atoms. The van der Waals surface area contributed by atoms with Crippen molar-refractivity contribution in [3.8, 4) is 0 Å². The summed E-state index contributed by atoms with van der Waals surface area (Å²) in [5.41, 5.74) is 6.69. The lowest BCUT2D eigenvalue weighted by atomic mass is 9.98. The maximum absolute atomic E-state index is 12.4. The van der Waals surface area contributed by atoms with Crippen molar-refractivity contribution < 1.29 is 4.79 Å². The summed E-state index contributed by atoms with van der Waals surface area (Å²) in [5.74, 6) is 0.128. The van der Waals surface area contributed by atoms with Gasteiger partial charge in [-0.1, -0.05) is 6.07 Å². The Hall–Kier alpha value is -0.620. The topological polar surface area (TPSA) is 46.3 Å². The standard InChI is InChI=1S/C13H17IN2O/c1-9-7-12(15)5-6-16(9)13(17)10-3-2-4-11(14)8-10/h2-4,8-9,12H,5-7,15H2,1H3. The molecule has 4 heteroatoms. The van der Waals surface area contributed by atoms with Gasteiger partial charge in [-0.05, 0) is 60.6 Å². The number of carbonyl (C=O) groups excluding carboxylic acids is 1. The van der Waals surface area contributed by atoms with Gasteiger partial charge in [0.25, 0.3) is 5.91 Å².